The molecule has 1 fully saturated rings. The van der Waals surface area contributed by atoms with Crippen LogP contribution in [0.1, 0.15) is 51.4 Å². The molecule has 116 valence electrons. The summed E-state index contributed by atoms with van der Waals surface area (Å²) >= 11 is 0. The predicted octanol–water partition coefficient (Wildman–Crippen LogP) is 1.98. The summed E-state index contributed by atoms with van der Waals surface area (Å²) in [6, 6.07) is 3.61. The molecule has 1 saturated heterocycles. The molecule has 1 aromatic carbocycles. The molecule has 1 unspecified atom stereocenters. The van der Waals surface area contributed by atoms with E-state index >= 15 is 0 Å². The molecule has 2 N–H and O–H groups in total. The van der Waals surface area contributed by atoms with E-state index in [9.17, 15) is 18.8 Å². The molecule has 1 aliphatic rings. The molecule has 0 aromatic heterocycles. The standard InChI is InChI=1S/C15H17FN2O3.2H2/c1-8(2)9-3-4-10(11(16)7-9)14(20)17-12-5-6-13(19)18-15(12)21;;/h3-4,7-8,12H,5-6H2,1-2H3,(H,17,20)(H,18,19,21);2*1H. The van der Waals surface area contributed by atoms with Gasteiger partial charge in [0.1, 0.15) is 11.9 Å². The van der Waals surface area contributed by atoms with Gasteiger partial charge in [0.2, 0.25) is 11.8 Å². The van der Waals surface area contributed by atoms with E-state index in [0.29, 0.717) is 0 Å². The SMILES string of the molecule is CC(C)c1ccc(C(=O)NC2CCC(=O)NC2=O)c(F)c1.[HH].[HH]. The number of amides is 3. The molecule has 0 bridgehead atoms. The maximum atomic E-state index is 14.0. The van der Waals surface area contributed by atoms with E-state index in [2.05, 4.69) is 10.6 Å². The molecule has 21 heavy (non-hydrogen) atoms. The van der Waals surface area contributed by atoms with Gasteiger partial charge in [-0.2, -0.15) is 0 Å². The highest BCUT2D eigenvalue weighted by molar-refractivity contribution is 6.03. The molecule has 0 aliphatic carbocycles. The van der Waals surface area contributed by atoms with Crippen molar-refractivity contribution in [2.45, 2.75) is 38.6 Å². The summed E-state index contributed by atoms with van der Waals surface area (Å²) in [5, 5.41) is 4.59. The molecule has 0 spiro atoms. The minimum Gasteiger partial charge on any atom is -0.340 e. The topological polar surface area (TPSA) is 75.3 Å². The first-order valence-electron chi connectivity index (χ1n) is 6.82. The Balaban J connectivity index is 0.00000242. The minimum absolute atomic E-state index is 0. The van der Waals surface area contributed by atoms with Crippen LogP contribution >= 0.6 is 0 Å². The molecule has 1 atom stereocenters. The minimum atomic E-state index is -0.806. The maximum absolute atomic E-state index is 14.0. The van der Waals surface area contributed by atoms with E-state index in [0.717, 1.165) is 5.56 Å². The molecule has 1 aromatic rings. The first-order valence-corrected chi connectivity index (χ1v) is 6.82. The van der Waals surface area contributed by atoms with Gasteiger partial charge in [-0.25, -0.2) is 4.39 Å². The Morgan fingerprint density at radius 2 is 2.14 bits per heavy atom. The summed E-state index contributed by atoms with van der Waals surface area (Å²) in [4.78, 5) is 34.6. The molecule has 6 heteroatoms. The highest BCUT2D eigenvalue weighted by Gasteiger charge is 2.28. The monoisotopic (exact) mass is 296 g/mol. The van der Waals surface area contributed by atoms with Crippen molar-refractivity contribution < 1.29 is 21.6 Å². The van der Waals surface area contributed by atoms with Crippen LogP contribution in [0.2, 0.25) is 0 Å². The molecule has 0 radical (unpaired) electrons. The lowest BCUT2D eigenvalue weighted by Crippen LogP contribution is -2.52. The van der Waals surface area contributed by atoms with Crippen molar-refractivity contribution in [1.29, 1.82) is 0 Å². The van der Waals surface area contributed by atoms with Gasteiger partial charge in [-0.15, -0.1) is 0 Å². The fourth-order valence-corrected chi connectivity index (χ4v) is 2.14. The smallest absolute Gasteiger partial charge is 0.254 e. The second-order valence-electron chi connectivity index (χ2n) is 5.37. The number of rotatable bonds is 3. The Kier molecular flexibility index (Phi) is 4.35. The van der Waals surface area contributed by atoms with Gasteiger partial charge in [0.15, 0.2) is 0 Å². The van der Waals surface area contributed by atoms with Gasteiger partial charge in [-0.1, -0.05) is 19.9 Å². The average molecular weight is 296 g/mol. The van der Waals surface area contributed by atoms with Crippen LogP contribution in [0.5, 0.6) is 0 Å². The summed E-state index contributed by atoms with van der Waals surface area (Å²) in [7, 11) is 0. The Hall–Kier alpha value is -2.24. The molecule has 5 nitrogen and oxygen atoms in total. The van der Waals surface area contributed by atoms with Crippen LogP contribution in [0.15, 0.2) is 18.2 Å². The largest absolute Gasteiger partial charge is 0.340 e. The zero-order valence-corrected chi connectivity index (χ0v) is 11.9. The highest BCUT2D eigenvalue weighted by atomic mass is 19.1. The normalized spacial score (nSPS) is 18.6. The van der Waals surface area contributed by atoms with Crippen LogP contribution in [0, 0.1) is 5.82 Å². The van der Waals surface area contributed by atoms with Crippen molar-refractivity contribution in [2.24, 2.45) is 0 Å². The van der Waals surface area contributed by atoms with Crippen molar-refractivity contribution >= 4 is 17.7 Å². The van der Waals surface area contributed by atoms with E-state index in [1.54, 1.807) is 6.07 Å². The second-order valence-corrected chi connectivity index (χ2v) is 5.37. The molecule has 2 rings (SSSR count). The Morgan fingerprint density at radius 1 is 1.43 bits per heavy atom. The van der Waals surface area contributed by atoms with Crippen LogP contribution < -0.4 is 10.6 Å². The number of imide groups is 1. The van der Waals surface area contributed by atoms with E-state index in [4.69, 9.17) is 0 Å². The summed E-state index contributed by atoms with van der Waals surface area (Å²) in [5.74, 6) is -2.04. The number of hydrogen-bond donors (Lipinski definition) is 2. The third-order valence-corrected chi connectivity index (χ3v) is 3.45. The Labute approximate surface area is 124 Å². The fourth-order valence-electron chi connectivity index (χ4n) is 2.14. The highest BCUT2D eigenvalue weighted by Crippen LogP contribution is 2.18. The van der Waals surface area contributed by atoms with Crippen LogP contribution in [0.3, 0.4) is 0 Å². The lowest BCUT2D eigenvalue weighted by molar-refractivity contribution is -0.134. The van der Waals surface area contributed by atoms with Gasteiger partial charge in [0.05, 0.1) is 5.56 Å². The molecule has 1 heterocycles. The first-order chi connectivity index (χ1) is 9.88. The predicted molar refractivity (Wildman–Crippen MR) is 78.4 cm³/mol. The van der Waals surface area contributed by atoms with Crippen molar-refractivity contribution in [3.63, 3.8) is 0 Å². The number of benzene rings is 1. The van der Waals surface area contributed by atoms with Crippen LogP contribution in [-0.2, 0) is 9.59 Å². The van der Waals surface area contributed by atoms with E-state index in [1.165, 1.54) is 12.1 Å². The molecule has 0 saturated carbocycles. The fraction of sp³-hybridized carbons (Fsp3) is 0.400. The number of hydrogen-bond acceptors (Lipinski definition) is 3. The van der Waals surface area contributed by atoms with Gasteiger partial charge >= 0.3 is 0 Å². The van der Waals surface area contributed by atoms with E-state index < -0.39 is 23.7 Å². The Bertz CT molecular complexity index is 608. The van der Waals surface area contributed by atoms with Crippen molar-refractivity contribution in [2.75, 3.05) is 0 Å². The maximum Gasteiger partial charge on any atom is 0.254 e. The number of piperidine rings is 1. The van der Waals surface area contributed by atoms with Crippen molar-refractivity contribution in [1.82, 2.24) is 10.6 Å². The van der Waals surface area contributed by atoms with Crippen molar-refractivity contribution in [3.8, 4) is 0 Å². The Morgan fingerprint density at radius 3 is 2.71 bits per heavy atom. The summed E-state index contributed by atoms with van der Waals surface area (Å²) in [6.07, 6.45) is 0.382. The number of carbonyl (C=O) groups excluding carboxylic acids is 3. The average Bonchev–Trinajstić information content (AvgIpc) is 2.41. The third kappa shape index (κ3) is 3.45. The number of halogens is 1. The van der Waals surface area contributed by atoms with Crippen LogP contribution in [-0.4, -0.2) is 23.8 Å². The van der Waals surface area contributed by atoms with E-state index in [-0.39, 0.29) is 33.1 Å². The van der Waals surface area contributed by atoms with E-state index in [1.807, 2.05) is 13.8 Å². The second kappa shape index (κ2) is 6.03. The quantitative estimate of drug-likeness (QED) is 0.837. The van der Waals surface area contributed by atoms with Gasteiger partial charge < -0.3 is 5.32 Å². The van der Waals surface area contributed by atoms with Gasteiger partial charge in [0.25, 0.3) is 5.91 Å². The van der Waals surface area contributed by atoms with Crippen LogP contribution in [0.4, 0.5) is 4.39 Å². The van der Waals surface area contributed by atoms with Crippen molar-refractivity contribution in [3.05, 3.63) is 35.1 Å². The van der Waals surface area contributed by atoms with Gasteiger partial charge in [0, 0.05) is 9.27 Å². The number of carbonyl (C=O) groups is 3. The van der Waals surface area contributed by atoms with Gasteiger partial charge in [-0.3, -0.25) is 19.7 Å². The lowest BCUT2D eigenvalue weighted by atomic mass is 10.0. The zero-order chi connectivity index (χ0) is 15.6. The van der Waals surface area contributed by atoms with Crippen LogP contribution in [0.25, 0.3) is 0 Å². The lowest BCUT2D eigenvalue weighted by Gasteiger charge is -2.22. The molecule has 3 amide bonds. The summed E-state index contributed by atoms with van der Waals surface area (Å²) in [6.45, 7) is 3.86. The first kappa shape index (κ1) is 15.2. The summed E-state index contributed by atoms with van der Waals surface area (Å²) in [5.41, 5.74) is 0.689. The number of nitrogens with one attached hydrogen (secondary N) is 2. The zero-order valence-electron chi connectivity index (χ0n) is 11.9. The molecule has 1 aliphatic heterocycles. The molecular formula is C15H21FN2O3. The summed E-state index contributed by atoms with van der Waals surface area (Å²) < 4.78 is 14.0. The third-order valence-electron chi connectivity index (χ3n) is 3.45. The van der Waals surface area contributed by atoms with Gasteiger partial charge in [-0.05, 0) is 30.0 Å². The molecular weight excluding hydrogens is 275 g/mol.